The number of piperidine rings is 1. The van der Waals surface area contributed by atoms with Crippen molar-refractivity contribution in [2.24, 2.45) is 0 Å². The number of likely N-dealkylation sites (tertiary alicyclic amines) is 1. The van der Waals surface area contributed by atoms with Crippen molar-refractivity contribution in [3.8, 4) is 0 Å². The topological polar surface area (TPSA) is 52.6 Å². The summed E-state index contributed by atoms with van der Waals surface area (Å²) in [4.78, 5) is 14.1. The van der Waals surface area contributed by atoms with E-state index in [1.54, 1.807) is 0 Å². The van der Waals surface area contributed by atoms with Gasteiger partial charge in [-0.3, -0.25) is 9.69 Å². The second kappa shape index (κ2) is 8.46. The Labute approximate surface area is 135 Å². The zero-order chi connectivity index (χ0) is 15.9. The number of rotatable bonds is 6. The maximum atomic E-state index is 13.0. The third-order valence-corrected chi connectivity index (χ3v) is 4.40. The van der Waals surface area contributed by atoms with Crippen molar-refractivity contribution >= 4 is 17.5 Å². The van der Waals surface area contributed by atoms with Crippen LogP contribution >= 0.6 is 11.6 Å². The molecule has 2 N–H and O–H groups in total. The average Bonchev–Trinajstić information content (AvgIpc) is 2.50. The standard InChI is InChI=1S/C16H22ClFN2O2/c17-15-10-13(18)5-4-12(15)9-16(22)19-6-8-20-7-2-1-3-14(20)11-21/h4-5,10,14,21H,1-3,6-9,11H2,(H,19,22). The molecule has 22 heavy (non-hydrogen) atoms. The molecule has 0 aromatic heterocycles. The van der Waals surface area contributed by atoms with E-state index >= 15 is 0 Å². The van der Waals surface area contributed by atoms with Gasteiger partial charge in [0.05, 0.1) is 13.0 Å². The minimum absolute atomic E-state index is 0.133. The van der Waals surface area contributed by atoms with Crippen molar-refractivity contribution in [1.29, 1.82) is 0 Å². The van der Waals surface area contributed by atoms with Crippen molar-refractivity contribution in [3.63, 3.8) is 0 Å². The van der Waals surface area contributed by atoms with E-state index in [2.05, 4.69) is 10.2 Å². The van der Waals surface area contributed by atoms with Gasteiger partial charge in [-0.2, -0.15) is 0 Å². The zero-order valence-electron chi connectivity index (χ0n) is 12.5. The summed E-state index contributed by atoms with van der Waals surface area (Å²) >= 11 is 5.91. The maximum Gasteiger partial charge on any atom is 0.224 e. The van der Waals surface area contributed by atoms with Crippen LogP contribution in [0.2, 0.25) is 5.02 Å². The molecule has 0 bridgehead atoms. The monoisotopic (exact) mass is 328 g/mol. The Morgan fingerprint density at radius 3 is 3.00 bits per heavy atom. The van der Waals surface area contributed by atoms with E-state index in [0.29, 0.717) is 12.1 Å². The Bertz CT molecular complexity index is 513. The molecule has 1 aliphatic rings. The van der Waals surface area contributed by atoms with E-state index < -0.39 is 5.82 Å². The Balaban J connectivity index is 1.75. The van der Waals surface area contributed by atoms with Crippen LogP contribution in [-0.2, 0) is 11.2 Å². The van der Waals surface area contributed by atoms with Crippen molar-refractivity contribution < 1.29 is 14.3 Å². The summed E-state index contributed by atoms with van der Waals surface area (Å²) in [5.74, 6) is -0.541. The van der Waals surface area contributed by atoms with Crippen LogP contribution in [0.1, 0.15) is 24.8 Å². The fourth-order valence-corrected chi connectivity index (χ4v) is 3.03. The maximum absolute atomic E-state index is 13.0. The molecule has 2 rings (SSSR count). The predicted molar refractivity (Wildman–Crippen MR) is 84.4 cm³/mol. The van der Waals surface area contributed by atoms with Crippen LogP contribution in [0.5, 0.6) is 0 Å². The van der Waals surface area contributed by atoms with Gasteiger partial charge in [-0.25, -0.2) is 4.39 Å². The first-order valence-electron chi connectivity index (χ1n) is 7.65. The molecule has 0 spiro atoms. The molecule has 4 nitrogen and oxygen atoms in total. The molecule has 1 aromatic rings. The Kier molecular flexibility index (Phi) is 6.61. The van der Waals surface area contributed by atoms with Crippen LogP contribution in [-0.4, -0.2) is 48.2 Å². The van der Waals surface area contributed by atoms with Gasteiger partial charge in [-0.1, -0.05) is 24.1 Å². The summed E-state index contributed by atoms with van der Waals surface area (Å²) in [6.07, 6.45) is 3.44. The minimum Gasteiger partial charge on any atom is -0.395 e. The summed E-state index contributed by atoms with van der Waals surface area (Å²) in [5.41, 5.74) is 0.617. The largest absolute Gasteiger partial charge is 0.395 e. The van der Waals surface area contributed by atoms with Crippen molar-refractivity contribution in [2.75, 3.05) is 26.2 Å². The molecule has 1 unspecified atom stereocenters. The van der Waals surface area contributed by atoms with Crippen LogP contribution in [0.25, 0.3) is 0 Å². The third-order valence-electron chi connectivity index (χ3n) is 4.05. The zero-order valence-corrected chi connectivity index (χ0v) is 13.3. The van der Waals surface area contributed by atoms with E-state index in [0.717, 1.165) is 32.4 Å². The number of halogens is 2. The molecule has 1 aromatic carbocycles. The molecule has 0 aliphatic carbocycles. The highest BCUT2D eigenvalue weighted by Crippen LogP contribution is 2.18. The van der Waals surface area contributed by atoms with E-state index in [4.69, 9.17) is 11.6 Å². The molecular weight excluding hydrogens is 307 g/mol. The highest BCUT2D eigenvalue weighted by atomic mass is 35.5. The van der Waals surface area contributed by atoms with Crippen LogP contribution < -0.4 is 5.32 Å². The van der Waals surface area contributed by atoms with Crippen molar-refractivity contribution in [2.45, 2.75) is 31.7 Å². The number of carbonyl (C=O) groups excluding carboxylic acids is 1. The lowest BCUT2D eigenvalue weighted by Crippen LogP contribution is -2.45. The van der Waals surface area contributed by atoms with Gasteiger partial charge in [0.1, 0.15) is 5.82 Å². The number of benzene rings is 1. The fourth-order valence-electron chi connectivity index (χ4n) is 2.80. The van der Waals surface area contributed by atoms with Gasteiger partial charge in [0.15, 0.2) is 0 Å². The fraction of sp³-hybridized carbons (Fsp3) is 0.562. The van der Waals surface area contributed by atoms with Gasteiger partial charge in [-0.15, -0.1) is 0 Å². The van der Waals surface area contributed by atoms with E-state index in [-0.39, 0.29) is 30.0 Å². The van der Waals surface area contributed by atoms with Gasteiger partial charge < -0.3 is 10.4 Å². The first kappa shape index (κ1) is 17.2. The van der Waals surface area contributed by atoms with Gasteiger partial charge in [0.2, 0.25) is 5.91 Å². The van der Waals surface area contributed by atoms with Gasteiger partial charge in [0, 0.05) is 24.2 Å². The molecule has 0 saturated carbocycles. The summed E-state index contributed by atoms with van der Waals surface area (Å²) in [6.45, 7) is 2.40. The van der Waals surface area contributed by atoms with Crippen LogP contribution in [0.15, 0.2) is 18.2 Å². The molecule has 0 radical (unpaired) electrons. The highest BCUT2D eigenvalue weighted by molar-refractivity contribution is 6.31. The summed E-state index contributed by atoms with van der Waals surface area (Å²) in [5, 5.41) is 12.5. The highest BCUT2D eigenvalue weighted by Gasteiger charge is 2.21. The first-order valence-corrected chi connectivity index (χ1v) is 8.03. The van der Waals surface area contributed by atoms with E-state index in [1.807, 2.05) is 0 Å². The van der Waals surface area contributed by atoms with E-state index in [9.17, 15) is 14.3 Å². The lowest BCUT2D eigenvalue weighted by atomic mass is 10.0. The molecular formula is C16H22ClFN2O2. The van der Waals surface area contributed by atoms with Crippen molar-refractivity contribution in [3.05, 3.63) is 34.6 Å². The lowest BCUT2D eigenvalue weighted by molar-refractivity contribution is -0.120. The number of hydrogen-bond acceptors (Lipinski definition) is 3. The normalized spacial score (nSPS) is 19.1. The molecule has 6 heteroatoms. The Morgan fingerprint density at radius 1 is 1.45 bits per heavy atom. The SMILES string of the molecule is O=C(Cc1ccc(F)cc1Cl)NCCN1CCCCC1CO. The summed E-state index contributed by atoms with van der Waals surface area (Å²) < 4.78 is 13.0. The van der Waals surface area contributed by atoms with E-state index in [1.165, 1.54) is 18.2 Å². The van der Waals surface area contributed by atoms with Crippen LogP contribution in [0.3, 0.4) is 0 Å². The smallest absolute Gasteiger partial charge is 0.224 e. The van der Waals surface area contributed by atoms with Crippen LogP contribution in [0.4, 0.5) is 4.39 Å². The second-order valence-corrected chi connectivity index (χ2v) is 6.04. The summed E-state index contributed by atoms with van der Waals surface area (Å²) in [6, 6.07) is 4.25. The number of aliphatic hydroxyl groups excluding tert-OH is 1. The first-order chi connectivity index (χ1) is 10.6. The predicted octanol–water partition coefficient (Wildman–Crippen LogP) is 1.98. The Hall–Kier alpha value is -1.17. The van der Waals surface area contributed by atoms with Crippen LogP contribution in [0, 0.1) is 5.82 Å². The lowest BCUT2D eigenvalue weighted by Gasteiger charge is -2.34. The quantitative estimate of drug-likeness (QED) is 0.839. The number of carbonyl (C=O) groups is 1. The number of amides is 1. The molecule has 122 valence electrons. The van der Waals surface area contributed by atoms with Crippen molar-refractivity contribution in [1.82, 2.24) is 10.2 Å². The molecule has 1 fully saturated rings. The van der Waals surface area contributed by atoms with Gasteiger partial charge in [0.25, 0.3) is 0 Å². The third kappa shape index (κ3) is 4.93. The second-order valence-electron chi connectivity index (χ2n) is 5.63. The molecule has 1 aliphatic heterocycles. The summed E-state index contributed by atoms with van der Waals surface area (Å²) in [7, 11) is 0. The van der Waals surface area contributed by atoms with Gasteiger partial charge >= 0.3 is 0 Å². The molecule has 1 saturated heterocycles. The molecule has 1 atom stereocenters. The minimum atomic E-state index is -0.408. The number of nitrogens with one attached hydrogen (secondary N) is 1. The molecule has 1 amide bonds. The average molecular weight is 329 g/mol. The molecule has 1 heterocycles. The number of aliphatic hydroxyl groups is 1. The van der Waals surface area contributed by atoms with Gasteiger partial charge in [-0.05, 0) is 37.1 Å². The number of nitrogens with zero attached hydrogens (tertiary/aromatic N) is 1. The Morgan fingerprint density at radius 2 is 2.27 bits per heavy atom. The number of hydrogen-bond donors (Lipinski definition) is 2.